The van der Waals surface area contributed by atoms with Gasteiger partial charge in [-0.1, -0.05) is 25.1 Å². The minimum atomic E-state index is -4.53. The quantitative estimate of drug-likeness (QED) is 0.520. The van der Waals surface area contributed by atoms with Crippen LogP contribution in [0.1, 0.15) is 34.8 Å². The van der Waals surface area contributed by atoms with Crippen LogP contribution in [0.3, 0.4) is 0 Å². The molecule has 0 heterocycles. The van der Waals surface area contributed by atoms with Crippen LogP contribution < -0.4 is 15.5 Å². The van der Waals surface area contributed by atoms with Gasteiger partial charge in [0.2, 0.25) is 0 Å². The van der Waals surface area contributed by atoms with Crippen molar-refractivity contribution in [2.24, 2.45) is 5.10 Å². The summed E-state index contributed by atoms with van der Waals surface area (Å²) in [5.74, 6) is -0.523. The van der Waals surface area contributed by atoms with Gasteiger partial charge in [-0.15, -0.1) is 0 Å². The van der Waals surface area contributed by atoms with Gasteiger partial charge in [0, 0.05) is 11.1 Å². The van der Waals surface area contributed by atoms with Crippen molar-refractivity contribution in [2.75, 3.05) is 13.2 Å². The number of rotatable bonds is 8. The first-order valence-corrected chi connectivity index (χ1v) is 8.80. The van der Waals surface area contributed by atoms with E-state index in [1.807, 2.05) is 6.92 Å². The van der Waals surface area contributed by atoms with Crippen LogP contribution in [0, 0.1) is 0 Å². The molecule has 0 aliphatic rings. The standard InChI is InChI=1S/C20H20F3N3O3/c1-2-11-29-16-9-7-14(8-10-16)19(28)24-13-18(27)26-25-12-15-5-3-4-6-17(15)20(21,22)23/h3-10,12H,2,11,13H2,1H3,(H,24,28)(H,26,27)/b25-12-. The van der Waals surface area contributed by atoms with Crippen molar-refractivity contribution in [3.63, 3.8) is 0 Å². The lowest BCUT2D eigenvalue weighted by molar-refractivity contribution is -0.137. The maximum atomic E-state index is 12.9. The number of carbonyl (C=O) groups excluding carboxylic acids is 2. The predicted molar refractivity (Wildman–Crippen MR) is 102 cm³/mol. The summed E-state index contributed by atoms with van der Waals surface area (Å²) in [6.07, 6.45) is -2.77. The molecular formula is C20H20F3N3O3. The van der Waals surface area contributed by atoms with E-state index in [-0.39, 0.29) is 12.1 Å². The molecule has 29 heavy (non-hydrogen) atoms. The highest BCUT2D eigenvalue weighted by Crippen LogP contribution is 2.31. The van der Waals surface area contributed by atoms with E-state index in [4.69, 9.17) is 4.74 Å². The molecule has 2 aromatic carbocycles. The Hall–Kier alpha value is -3.36. The van der Waals surface area contributed by atoms with Gasteiger partial charge in [-0.2, -0.15) is 18.3 Å². The first kappa shape index (κ1) is 21.9. The van der Waals surface area contributed by atoms with E-state index in [1.54, 1.807) is 24.3 Å². The monoisotopic (exact) mass is 407 g/mol. The SMILES string of the molecule is CCCOc1ccc(C(=O)NCC(=O)N/N=C\c2ccccc2C(F)(F)F)cc1. The average Bonchev–Trinajstić information content (AvgIpc) is 2.70. The summed E-state index contributed by atoms with van der Waals surface area (Å²) >= 11 is 0. The number of hydrazone groups is 1. The second-order valence-electron chi connectivity index (χ2n) is 5.93. The summed E-state index contributed by atoms with van der Waals surface area (Å²) in [7, 11) is 0. The molecule has 0 bridgehead atoms. The molecule has 2 aromatic rings. The number of amides is 2. The van der Waals surface area contributed by atoms with Crippen molar-refractivity contribution in [3.05, 3.63) is 65.2 Å². The highest BCUT2D eigenvalue weighted by atomic mass is 19.4. The maximum Gasteiger partial charge on any atom is 0.417 e. The highest BCUT2D eigenvalue weighted by molar-refractivity contribution is 5.96. The molecule has 0 atom stereocenters. The van der Waals surface area contributed by atoms with Gasteiger partial charge in [-0.05, 0) is 36.8 Å². The Balaban J connectivity index is 1.84. The lowest BCUT2D eigenvalue weighted by atomic mass is 10.1. The topological polar surface area (TPSA) is 79.8 Å². The summed E-state index contributed by atoms with van der Waals surface area (Å²) in [6.45, 7) is 2.16. The normalized spacial score (nSPS) is 11.3. The van der Waals surface area contributed by atoms with Gasteiger partial charge in [-0.25, -0.2) is 5.43 Å². The summed E-state index contributed by atoms with van der Waals surface area (Å²) in [5.41, 5.74) is 1.37. The molecule has 154 valence electrons. The lowest BCUT2D eigenvalue weighted by Gasteiger charge is -2.09. The zero-order valence-electron chi connectivity index (χ0n) is 15.6. The van der Waals surface area contributed by atoms with E-state index in [2.05, 4.69) is 15.8 Å². The van der Waals surface area contributed by atoms with E-state index in [9.17, 15) is 22.8 Å². The van der Waals surface area contributed by atoms with Crippen LogP contribution in [-0.2, 0) is 11.0 Å². The van der Waals surface area contributed by atoms with Crippen LogP contribution in [0.2, 0.25) is 0 Å². The van der Waals surface area contributed by atoms with Gasteiger partial charge in [0.25, 0.3) is 11.8 Å². The van der Waals surface area contributed by atoms with E-state index in [0.717, 1.165) is 18.7 Å². The molecule has 0 aliphatic carbocycles. The van der Waals surface area contributed by atoms with Crippen LogP contribution in [-0.4, -0.2) is 31.2 Å². The second kappa shape index (κ2) is 10.3. The first-order valence-electron chi connectivity index (χ1n) is 8.80. The van der Waals surface area contributed by atoms with Crippen molar-refractivity contribution >= 4 is 18.0 Å². The summed E-state index contributed by atoms with van der Waals surface area (Å²) in [6, 6.07) is 11.2. The molecular weight excluding hydrogens is 387 g/mol. The van der Waals surface area contributed by atoms with Gasteiger partial charge in [0.05, 0.1) is 24.9 Å². The smallest absolute Gasteiger partial charge is 0.417 e. The number of benzene rings is 2. The predicted octanol–water partition coefficient (Wildman–Crippen LogP) is 3.37. The molecule has 2 N–H and O–H groups in total. The maximum absolute atomic E-state index is 12.9. The van der Waals surface area contributed by atoms with Gasteiger partial charge >= 0.3 is 6.18 Å². The molecule has 0 fully saturated rings. The van der Waals surface area contributed by atoms with E-state index in [0.29, 0.717) is 17.9 Å². The third-order valence-electron chi connectivity index (χ3n) is 3.66. The fourth-order valence-corrected chi connectivity index (χ4v) is 2.27. The van der Waals surface area contributed by atoms with Crippen molar-refractivity contribution < 1.29 is 27.5 Å². The number of halogens is 3. The number of nitrogens with one attached hydrogen (secondary N) is 2. The second-order valence-corrected chi connectivity index (χ2v) is 5.93. The molecule has 0 unspecified atom stereocenters. The Morgan fingerprint density at radius 3 is 2.45 bits per heavy atom. The molecule has 0 spiro atoms. The largest absolute Gasteiger partial charge is 0.494 e. The fourth-order valence-electron chi connectivity index (χ4n) is 2.27. The molecule has 0 saturated heterocycles. The van der Waals surface area contributed by atoms with Crippen LogP contribution in [0.15, 0.2) is 53.6 Å². The van der Waals surface area contributed by atoms with Crippen LogP contribution in [0.25, 0.3) is 0 Å². The van der Waals surface area contributed by atoms with Crippen LogP contribution in [0.4, 0.5) is 13.2 Å². The first-order chi connectivity index (χ1) is 13.8. The summed E-state index contributed by atoms with van der Waals surface area (Å²) in [4.78, 5) is 23.8. The number of nitrogens with zero attached hydrogens (tertiary/aromatic N) is 1. The number of hydrogen-bond donors (Lipinski definition) is 2. The Bertz CT molecular complexity index is 865. The minimum Gasteiger partial charge on any atom is -0.494 e. The number of alkyl halides is 3. The number of ether oxygens (including phenoxy) is 1. The van der Waals surface area contributed by atoms with Gasteiger partial charge in [-0.3, -0.25) is 9.59 Å². The number of carbonyl (C=O) groups is 2. The van der Waals surface area contributed by atoms with E-state index in [1.165, 1.54) is 18.2 Å². The zero-order valence-corrected chi connectivity index (χ0v) is 15.6. The van der Waals surface area contributed by atoms with Crippen molar-refractivity contribution in [2.45, 2.75) is 19.5 Å². The lowest BCUT2D eigenvalue weighted by Crippen LogP contribution is -2.34. The van der Waals surface area contributed by atoms with Crippen LogP contribution >= 0.6 is 0 Å². The van der Waals surface area contributed by atoms with Crippen molar-refractivity contribution in [1.82, 2.24) is 10.7 Å². The molecule has 0 aliphatic heterocycles. The Labute approximate surface area is 165 Å². The molecule has 0 radical (unpaired) electrons. The molecule has 0 aromatic heterocycles. The Morgan fingerprint density at radius 1 is 1.10 bits per heavy atom. The Kier molecular flexibility index (Phi) is 7.76. The highest BCUT2D eigenvalue weighted by Gasteiger charge is 2.32. The minimum absolute atomic E-state index is 0.185. The molecule has 9 heteroatoms. The fraction of sp³-hybridized carbons (Fsp3) is 0.250. The van der Waals surface area contributed by atoms with Crippen molar-refractivity contribution in [1.29, 1.82) is 0 Å². The molecule has 2 amide bonds. The van der Waals surface area contributed by atoms with E-state index < -0.39 is 23.6 Å². The van der Waals surface area contributed by atoms with Crippen LogP contribution in [0.5, 0.6) is 5.75 Å². The molecule has 0 saturated carbocycles. The Morgan fingerprint density at radius 2 is 1.79 bits per heavy atom. The van der Waals surface area contributed by atoms with E-state index >= 15 is 0 Å². The molecule has 6 nitrogen and oxygen atoms in total. The third-order valence-corrected chi connectivity index (χ3v) is 3.66. The number of hydrogen-bond acceptors (Lipinski definition) is 4. The third kappa shape index (κ3) is 6.95. The summed E-state index contributed by atoms with van der Waals surface area (Å²) in [5, 5.41) is 5.91. The average molecular weight is 407 g/mol. The molecule has 2 rings (SSSR count). The summed E-state index contributed by atoms with van der Waals surface area (Å²) < 4.78 is 44.1. The zero-order chi connectivity index (χ0) is 21.3. The van der Waals surface area contributed by atoms with Gasteiger partial charge in [0.15, 0.2) is 0 Å². The van der Waals surface area contributed by atoms with Crippen molar-refractivity contribution in [3.8, 4) is 5.75 Å². The van der Waals surface area contributed by atoms with Gasteiger partial charge in [0.1, 0.15) is 5.75 Å². The van der Waals surface area contributed by atoms with Gasteiger partial charge < -0.3 is 10.1 Å².